The van der Waals surface area contributed by atoms with Gasteiger partial charge in [0, 0.05) is 16.5 Å². The fraction of sp³-hybridized carbons (Fsp3) is 0. The zero-order chi connectivity index (χ0) is 15.1. The molecule has 4 aromatic rings. The molecule has 0 spiro atoms. The molecule has 7 heteroatoms. The second kappa shape index (κ2) is 4.66. The summed E-state index contributed by atoms with van der Waals surface area (Å²) in [5.41, 5.74) is 3.01. The van der Waals surface area contributed by atoms with E-state index in [-0.39, 0.29) is 5.82 Å². The Hall–Kier alpha value is -3.22. The number of nitrogens with zero attached hydrogens (tertiary/aromatic N) is 2. The van der Waals surface area contributed by atoms with Gasteiger partial charge in [-0.2, -0.15) is 5.10 Å². The van der Waals surface area contributed by atoms with Gasteiger partial charge >= 0.3 is 5.76 Å². The third kappa shape index (κ3) is 1.99. The Labute approximate surface area is 122 Å². The highest BCUT2D eigenvalue weighted by molar-refractivity contribution is 5.95. The minimum absolute atomic E-state index is 0.301. The summed E-state index contributed by atoms with van der Waals surface area (Å²) in [5, 5.41) is 11.7. The van der Waals surface area contributed by atoms with Crippen molar-refractivity contribution < 1.29 is 8.91 Å². The molecule has 2 aromatic heterocycles. The second-order valence-electron chi connectivity index (χ2n) is 4.78. The molecule has 22 heavy (non-hydrogen) atoms. The zero-order valence-electron chi connectivity index (χ0n) is 11.1. The van der Waals surface area contributed by atoms with Gasteiger partial charge < -0.3 is 0 Å². The summed E-state index contributed by atoms with van der Waals surface area (Å²) in [4.78, 5) is 13.6. The van der Waals surface area contributed by atoms with Gasteiger partial charge in [-0.1, -0.05) is 5.16 Å². The van der Waals surface area contributed by atoms with E-state index in [1.165, 1.54) is 12.1 Å². The summed E-state index contributed by atoms with van der Waals surface area (Å²) in [5.74, 6) is -0.566. The van der Waals surface area contributed by atoms with Crippen LogP contribution in [0.5, 0.6) is 0 Å². The highest BCUT2D eigenvalue weighted by atomic mass is 19.1. The van der Waals surface area contributed by atoms with Crippen molar-refractivity contribution in [3.05, 3.63) is 58.8 Å². The zero-order valence-corrected chi connectivity index (χ0v) is 11.1. The molecule has 0 aliphatic heterocycles. The number of fused-ring (bicyclic) bond motifs is 1. The molecule has 0 fully saturated rings. The quantitative estimate of drug-likeness (QED) is 0.595. The number of aromatic amines is 2. The molecular weight excluding hydrogens is 287 g/mol. The summed E-state index contributed by atoms with van der Waals surface area (Å²) >= 11 is 0. The summed E-state index contributed by atoms with van der Waals surface area (Å²) in [6.07, 6.45) is 0. The first-order valence-corrected chi connectivity index (χ1v) is 6.51. The summed E-state index contributed by atoms with van der Waals surface area (Å²) in [7, 11) is 0. The highest BCUT2D eigenvalue weighted by Gasteiger charge is 2.11. The van der Waals surface area contributed by atoms with Gasteiger partial charge in [-0.15, -0.1) is 0 Å². The largest absolute Gasteiger partial charge is 0.439 e. The van der Waals surface area contributed by atoms with Crippen LogP contribution in [0.25, 0.3) is 33.5 Å². The van der Waals surface area contributed by atoms with Gasteiger partial charge in [0.05, 0.1) is 11.2 Å². The number of halogens is 1. The van der Waals surface area contributed by atoms with Gasteiger partial charge in [-0.3, -0.25) is 14.6 Å². The van der Waals surface area contributed by atoms with Crippen molar-refractivity contribution in [3.63, 3.8) is 0 Å². The summed E-state index contributed by atoms with van der Waals surface area (Å²) in [6.45, 7) is 0. The number of nitrogens with one attached hydrogen (secondary N) is 2. The van der Waals surface area contributed by atoms with Crippen LogP contribution < -0.4 is 5.76 Å². The van der Waals surface area contributed by atoms with Gasteiger partial charge in [-0.25, -0.2) is 9.18 Å². The highest BCUT2D eigenvalue weighted by Crippen LogP contribution is 2.29. The number of hydrogen-bond acceptors (Lipinski definition) is 4. The SMILES string of the molecule is O=c1[nH]c(-c2ccc3[nH]nc(-c4ccc(F)cc4)c3c2)no1. The number of H-pyrrole nitrogens is 2. The van der Waals surface area contributed by atoms with Gasteiger partial charge in [-0.05, 0) is 42.5 Å². The van der Waals surface area contributed by atoms with Crippen molar-refractivity contribution in [1.29, 1.82) is 0 Å². The van der Waals surface area contributed by atoms with Crippen molar-refractivity contribution in [1.82, 2.24) is 20.3 Å². The van der Waals surface area contributed by atoms with Crippen LogP contribution >= 0.6 is 0 Å². The van der Waals surface area contributed by atoms with E-state index in [2.05, 4.69) is 24.9 Å². The Balaban J connectivity index is 1.89. The van der Waals surface area contributed by atoms with Crippen LogP contribution in [0, 0.1) is 5.82 Å². The van der Waals surface area contributed by atoms with Crippen LogP contribution in [0.15, 0.2) is 51.8 Å². The maximum absolute atomic E-state index is 13.0. The predicted molar refractivity (Wildman–Crippen MR) is 77.6 cm³/mol. The van der Waals surface area contributed by atoms with Gasteiger partial charge in [0.1, 0.15) is 5.82 Å². The molecule has 0 radical (unpaired) electrons. The lowest BCUT2D eigenvalue weighted by atomic mass is 10.1. The van der Waals surface area contributed by atoms with E-state index in [0.717, 1.165) is 16.5 Å². The molecular formula is C15H9FN4O2. The second-order valence-corrected chi connectivity index (χ2v) is 4.78. The normalized spacial score (nSPS) is 11.1. The molecule has 2 aromatic carbocycles. The number of hydrogen-bond donors (Lipinski definition) is 2. The molecule has 6 nitrogen and oxygen atoms in total. The van der Waals surface area contributed by atoms with E-state index in [1.54, 1.807) is 18.2 Å². The van der Waals surface area contributed by atoms with Crippen LogP contribution in [0.1, 0.15) is 0 Å². The third-order valence-electron chi connectivity index (χ3n) is 3.39. The summed E-state index contributed by atoms with van der Waals surface area (Å²) in [6, 6.07) is 11.6. The number of aromatic nitrogens is 4. The Kier molecular flexibility index (Phi) is 2.65. The van der Waals surface area contributed by atoms with Crippen molar-refractivity contribution >= 4 is 10.9 Å². The molecule has 2 heterocycles. The van der Waals surface area contributed by atoms with Crippen LogP contribution in [0.4, 0.5) is 4.39 Å². The van der Waals surface area contributed by atoms with E-state index in [1.807, 2.05) is 12.1 Å². The third-order valence-corrected chi connectivity index (χ3v) is 3.39. The molecule has 0 atom stereocenters. The number of rotatable bonds is 2. The fourth-order valence-electron chi connectivity index (χ4n) is 2.34. The average Bonchev–Trinajstić information content (AvgIpc) is 3.14. The van der Waals surface area contributed by atoms with Crippen LogP contribution in [-0.4, -0.2) is 20.3 Å². The molecule has 0 bridgehead atoms. The molecule has 2 N–H and O–H groups in total. The smallest absolute Gasteiger partial charge is 0.296 e. The molecule has 0 amide bonds. The minimum atomic E-state index is -0.610. The van der Waals surface area contributed by atoms with Crippen LogP contribution in [0.3, 0.4) is 0 Å². The Morgan fingerprint density at radius 3 is 2.55 bits per heavy atom. The standard InChI is InChI=1S/C15H9FN4O2/c16-10-4-1-8(2-5-10)13-11-7-9(3-6-12(11)18-19-13)14-17-15(21)22-20-14/h1-7H,(H,18,19)(H,17,20,21). The molecule has 4 rings (SSSR count). The van der Waals surface area contributed by atoms with Gasteiger partial charge in [0.25, 0.3) is 0 Å². The van der Waals surface area contributed by atoms with Crippen LogP contribution in [0.2, 0.25) is 0 Å². The van der Waals surface area contributed by atoms with E-state index < -0.39 is 5.76 Å². The monoisotopic (exact) mass is 296 g/mol. The van der Waals surface area contributed by atoms with Crippen molar-refractivity contribution in [2.45, 2.75) is 0 Å². The first kappa shape index (κ1) is 12.5. The molecule has 0 saturated carbocycles. The lowest BCUT2D eigenvalue weighted by Crippen LogP contribution is -1.94. The maximum atomic E-state index is 13.0. The number of benzene rings is 2. The first-order valence-electron chi connectivity index (χ1n) is 6.51. The van der Waals surface area contributed by atoms with E-state index in [4.69, 9.17) is 0 Å². The molecule has 0 unspecified atom stereocenters. The van der Waals surface area contributed by atoms with E-state index in [9.17, 15) is 9.18 Å². The molecule has 0 aliphatic carbocycles. The van der Waals surface area contributed by atoms with E-state index >= 15 is 0 Å². The Morgan fingerprint density at radius 2 is 1.82 bits per heavy atom. The van der Waals surface area contributed by atoms with Gasteiger partial charge in [0.15, 0.2) is 5.82 Å². The minimum Gasteiger partial charge on any atom is -0.296 e. The van der Waals surface area contributed by atoms with Gasteiger partial charge in [0.2, 0.25) is 0 Å². The fourth-order valence-corrected chi connectivity index (χ4v) is 2.34. The summed E-state index contributed by atoms with van der Waals surface area (Å²) < 4.78 is 17.6. The van der Waals surface area contributed by atoms with Crippen LogP contribution in [-0.2, 0) is 0 Å². The van der Waals surface area contributed by atoms with Crippen molar-refractivity contribution in [2.24, 2.45) is 0 Å². The lowest BCUT2D eigenvalue weighted by Gasteiger charge is -1.99. The maximum Gasteiger partial charge on any atom is 0.439 e. The average molecular weight is 296 g/mol. The molecule has 108 valence electrons. The predicted octanol–water partition coefficient (Wildman–Crippen LogP) is 2.71. The topological polar surface area (TPSA) is 87.6 Å². The lowest BCUT2D eigenvalue weighted by molar-refractivity contribution is 0.388. The Bertz CT molecular complexity index is 1010. The van der Waals surface area contributed by atoms with Crippen molar-refractivity contribution in [2.75, 3.05) is 0 Å². The first-order chi connectivity index (χ1) is 10.7. The van der Waals surface area contributed by atoms with Crippen molar-refractivity contribution in [3.8, 4) is 22.6 Å². The molecule has 0 aliphatic rings. The molecule has 0 saturated heterocycles. The van der Waals surface area contributed by atoms with E-state index in [0.29, 0.717) is 17.1 Å². The Morgan fingerprint density at radius 1 is 1.05 bits per heavy atom.